The lowest BCUT2D eigenvalue weighted by Crippen LogP contribution is -1.73. The van der Waals surface area contributed by atoms with Crippen molar-refractivity contribution in [3.63, 3.8) is 0 Å². The molecule has 0 saturated heterocycles. The number of aryl methyl sites for hydroxylation is 1. The summed E-state index contributed by atoms with van der Waals surface area (Å²) < 4.78 is 1.16. The molecule has 2 rings (SSSR count). The van der Waals surface area contributed by atoms with E-state index in [4.69, 9.17) is 0 Å². The number of hydrogen-bond acceptors (Lipinski definition) is 1. The SMILES string of the molecule is Cc1csc(-c2ccccc2Br)c1. The molecule has 2 aromatic rings. The van der Waals surface area contributed by atoms with Crippen LogP contribution in [0.15, 0.2) is 40.2 Å². The van der Waals surface area contributed by atoms with Crippen molar-refractivity contribution in [1.29, 1.82) is 0 Å². The Morgan fingerprint density at radius 1 is 1.23 bits per heavy atom. The molecule has 0 saturated carbocycles. The molecule has 0 unspecified atom stereocenters. The molecule has 0 nitrogen and oxygen atoms in total. The maximum absolute atomic E-state index is 3.55. The Balaban J connectivity index is 2.52. The highest BCUT2D eigenvalue weighted by atomic mass is 79.9. The first-order valence-electron chi connectivity index (χ1n) is 4.07. The van der Waals surface area contributed by atoms with Crippen LogP contribution in [0.2, 0.25) is 0 Å². The zero-order valence-electron chi connectivity index (χ0n) is 7.25. The van der Waals surface area contributed by atoms with Crippen molar-refractivity contribution in [2.75, 3.05) is 0 Å². The fraction of sp³-hybridized carbons (Fsp3) is 0.0909. The zero-order chi connectivity index (χ0) is 9.26. The number of rotatable bonds is 1. The summed E-state index contributed by atoms with van der Waals surface area (Å²) in [6, 6.07) is 10.5. The average Bonchev–Trinajstić information content (AvgIpc) is 2.53. The minimum absolute atomic E-state index is 1.16. The van der Waals surface area contributed by atoms with Crippen molar-refractivity contribution in [1.82, 2.24) is 0 Å². The quantitative estimate of drug-likeness (QED) is 0.702. The molecule has 0 aliphatic carbocycles. The van der Waals surface area contributed by atoms with Gasteiger partial charge in [-0.1, -0.05) is 34.1 Å². The van der Waals surface area contributed by atoms with E-state index in [1.54, 1.807) is 11.3 Å². The summed E-state index contributed by atoms with van der Waals surface area (Å²) in [7, 11) is 0. The average molecular weight is 253 g/mol. The molecule has 1 heterocycles. The molecule has 1 aromatic heterocycles. The van der Waals surface area contributed by atoms with E-state index < -0.39 is 0 Å². The number of benzene rings is 1. The Morgan fingerprint density at radius 3 is 2.62 bits per heavy atom. The first kappa shape index (κ1) is 8.97. The van der Waals surface area contributed by atoms with E-state index in [1.165, 1.54) is 16.0 Å². The number of thiophene rings is 1. The monoisotopic (exact) mass is 252 g/mol. The van der Waals surface area contributed by atoms with E-state index in [1.807, 2.05) is 6.07 Å². The van der Waals surface area contributed by atoms with Crippen LogP contribution in [-0.4, -0.2) is 0 Å². The fourth-order valence-corrected chi connectivity index (χ4v) is 2.80. The molecule has 0 aliphatic rings. The largest absolute Gasteiger partial charge is 0.144 e. The standard InChI is InChI=1S/C11H9BrS/c1-8-6-11(13-7-8)9-4-2-3-5-10(9)12/h2-7H,1H3. The van der Waals surface area contributed by atoms with Gasteiger partial charge in [0, 0.05) is 14.9 Å². The third kappa shape index (κ3) is 1.84. The molecule has 1 aromatic carbocycles. The van der Waals surface area contributed by atoms with Crippen molar-refractivity contribution >= 4 is 27.3 Å². The summed E-state index contributed by atoms with van der Waals surface area (Å²) in [4.78, 5) is 1.32. The molecule has 0 bridgehead atoms. The van der Waals surface area contributed by atoms with E-state index in [0.29, 0.717) is 0 Å². The summed E-state index contributed by atoms with van der Waals surface area (Å²) in [6.07, 6.45) is 0. The van der Waals surface area contributed by atoms with Crippen LogP contribution in [-0.2, 0) is 0 Å². The van der Waals surface area contributed by atoms with E-state index in [2.05, 4.69) is 52.5 Å². The van der Waals surface area contributed by atoms with Gasteiger partial charge in [-0.15, -0.1) is 11.3 Å². The number of halogens is 1. The highest BCUT2D eigenvalue weighted by Gasteiger charge is 2.03. The molecule has 2 heteroatoms. The molecule has 66 valence electrons. The van der Waals surface area contributed by atoms with Gasteiger partial charge in [-0.05, 0) is 30.0 Å². The van der Waals surface area contributed by atoms with Crippen LogP contribution in [0.1, 0.15) is 5.56 Å². The Hall–Kier alpha value is -0.600. The van der Waals surface area contributed by atoms with Crippen LogP contribution in [0.25, 0.3) is 10.4 Å². The molecular weight excluding hydrogens is 244 g/mol. The van der Waals surface area contributed by atoms with Gasteiger partial charge < -0.3 is 0 Å². The third-order valence-electron chi connectivity index (χ3n) is 1.87. The molecule has 0 aliphatic heterocycles. The van der Waals surface area contributed by atoms with Gasteiger partial charge in [-0.3, -0.25) is 0 Å². The molecule has 0 atom stereocenters. The smallest absolute Gasteiger partial charge is 0.0356 e. The summed E-state index contributed by atoms with van der Waals surface area (Å²) in [5, 5.41) is 2.18. The minimum atomic E-state index is 1.16. The number of hydrogen-bond donors (Lipinski definition) is 0. The lowest BCUT2D eigenvalue weighted by molar-refractivity contribution is 1.55. The summed E-state index contributed by atoms with van der Waals surface area (Å²) in [6.45, 7) is 2.12. The first-order chi connectivity index (χ1) is 6.27. The maximum Gasteiger partial charge on any atom is 0.0356 e. The van der Waals surface area contributed by atoms with Crippen LogP contribution in [0, 0.1) is 6.92 Å². The van der Waals surface area contributed by atoms with Gasteiger partial charge in [0.25, 0.3) is 0 Å². The molecule has 0 radical (unpaired) electrons. The molecule has 0 fully saturated rings. The Kier molecular flexibility index (Phi) is 2.51. The van der Waals surface area contributed by atoms with Gasteiger partial charge in [-0.25, -0.2) is 0 Å². The van der Waals surface area contributed by atoms with Crippen LogP contribution in [0.4, 0.5) is 0 Å². The van der Waals surface area contributed by atoms with Gasteiger partial charge in [0.1, 0.15) is 0 Å². The van der Waals surface area contributed by atoms with Gasteiger partial charge in [0.2, 0.25) is 0 Å². The highest BCUT2D eigenvalue weighted by Crippen LogP contribution is 2.32. The van der Waals surface area contributed by atoms with Crippen molar-refractivity contribution in [2.45, 2.75) is 6.92 Å². The van der Waals surface area contributed by atoms with Crippen LogP contribution in [0.3, 0.4) is 0 Å². The second-order valence-corrected chi connectivity index (χ2v) is 4.73. The topological polar surface area (TPSA) is 0 Å². The van der Waals surface area contributed by atoms with E-state index >= 15 is 0 Å². The predicted molar refractivity (Wildman–Crippen MR) is 62.2 cm³/mol. The van der Waals surface area contributed by atoms with Gasteiger partial charge in [0.05, 0.1) is 0 Å². The molecule has 13 heavy (non-hydrogen) atoms. The normalized spacial score (nSPS) is 10.3. The third-order valence-corrected chi connectivity index (χ3v) is 3.64. The highest BCUT2D eigenvalue weighted by molar-refractivity contribution is 9.10. The van der Waals surface area contributed by atoms with Crippen molar-refractivity contribution in [2.24, 2.45) is 0 Å². The maximum atomic E-state index is 3.55. The van der Waals surface area contributed by atoms with Crippen LogP contribution >= 0.6 is 27.3 Å². The summed E-state index contributed by atoms with van der Waals surface area (Å²) in [5.41, 5.74) is 2.61. The molecule has 0 N–H and O–H groups in total. The van der Waals surface area contributed by atoms with Crippen LogP contribution in [0.5, 0.6) is 0 Å². The van der Waals surface area contributed by atoms with Crippen molar-refractivity contribution < 1.29 is 0 Å². The molecule has 0 amide bonds. The van der Waals surface area contributed by atoms with Crippen molar-refractivity contribution in [3.8, 4) is 10.4 Å². The van der Waals surface area contributed by atoms with E-state index in [0.717, 1.165) is 4.47 Å². The van der Waals surface area contributed by atoms with Gasteiger partial charge in [0.15, 0.2) is 0 Å². The second-order valence-electron chi connectivity index (χ2n) is 2.97. The van der Waals surface area contributed by atoms with Crippen molar-refractivity contribution in [3.05, 3.63) is 45.7 Å². The van der Waals surface area contributed by atoms with Gasteiger partial charge >= 0.3 is 0 Å². The van der Waals surface area contributed by atoms with Gasteiger partial charge in [-0.2, -0.15) is 0 Å². The van der Waals surface area contributed by atoms with E-state index in [9.17, 15) is 0 Å². The Morgan fingerprint density at radius 2 is 2.00 bits per heavy atom. The second kappa shape index (κ2) is 3.64. The lowest BCUT2D eigenvalue weighted by Gasteiger charge is -1.99. The Labute approximate surface area is 90.4 Å². The molecule has 0 spiro atoms. The van der Waals surface area contributed by atoms with Crippen LogP contribution < -0.4 is 0 Å². The lowest BCUT2D eigenvalue weighted by atomic mass is 10.2. The summed E-state index contributed by atoms with van der Waals surface area (Å²) >= 11 is 5.34. The fourth-order valence-electron chi connectivity index (χ4n) is 1.23. The zero-order valence-corrected chi connectivity index (χ0v) is 9.65. The van der Waals surface area contributed by atoms with E-state index in [-0.39, 0.29) is 0 Å². The summed E-state index contributed by atoms with van der Waals surface area (Å²) in [5.74, 6) is 0. The molecular formula is C11H9BrS. The Bertz CT molecular complexity index is 418. The first-order valence-corrected chi connectivity index (χ1v) is 5.74. The predicted octanol–water partition coefficient (Wildman–Crippen LogP) is 4.49. The minimum Gasteiger partial charge on any atom is -0.144 e.